The Morgan fingerprint density at radius 3 is 2.50 bits per heavy atom. The molecule has 4 nitrogen and oxygen atoms in total. The highest BCUT2D eigenvalue weighted by Gasteiger charge is 2.18. The first-order valence-corrected chi connectivity index (χ1v) is 8.09. The van der Waals surface area contributed by atoms with Crippen molar-refractivity contribution in [3.8, 4) is 0 Å². The fourth-order valence-electron chi connectivity index (χ4n) is 1.29. The normalized spacial score (nSPS) is 13.8. The zero-order valence-electron chi connectivity index (χ0n) is 11.2. The zero-order chi connectivity index (χ0) is 13.9. The molecule has 0 fully saturated rings. The maximum atomic E-state index is 12.0. The van der Waals surface area contributed by atoms with Gasteiger partial charge in [-0.3, -0.25) is 0 Å². The maximum absolute atomic E-state index is 12.0. The molecule has 0 spiro atoms. The van der Waals surface area contributed by atoms with E-state index in [1.807, 2.05) is 0 Å². The SMILES string of the molecule is CCC(C)Sc1cc(S(=O)(=O)N(C)C)ccc1N. The molecule has 1 aromatic rings. The van der Waals surface area contributed by atoms with Gasteiger partial charge in [0, 0.05) is 29.9 Å². The number of benzene rings is 1. The van der Waals surface area contributed by atoms with Crippen molar-refractivity contribution in [2.75, 3.05) is 19.8 Å². The lowest BCUT2D eigenvalue weighted by atomic mass is 10.3. The fraction of sp³-hybridized carbons (Fsp3) is 0.500. The van der Waals surface area contributed by atoms with Gasteiger partial charge >= 0.3 is 0 Å². The zero-order valence-corrected chi connectivity index (χ0v) is 12.8. The number of thioether (sulfide) groups is 1. The van der Waals surface area contributed by atoms with Gasteiger partial charge in [-0.1, -0.05) is 13.8 Å². The molecule has 0 heterocycles. The Hall–Kier alpha value is -0.720. The monoisotopic (exact) mass is 288 g/mol. The van der Waals surface area contributed by atoms with Crippen molar-refractivity contribution in [2.45, 2.75) is 35.3 Å². The maximum Gasteiger partial charge on any atom is 0.242 e. The second-order valence-corrected chi connectivity index (χ2v) is 7.96. The highest BCUT2D eigenvalue weighted by molar-refractivity contribution is 8.00. The average molecular weight is 288 g/mol. The summed E-state index contributed by atoms with van der Waals surface area (Å²) in [5, 5.41) is 0.407. The summed E-state index contributed by atoms with van der Waals surface area (Å²) in [7, 11) is -0.352. The molecule has 1 atom stereocenters. The molecule has 0 saturated carbocycles. The molecule has 18 heavy (non-hydrogen) atoms. The number of rotatable bonds is 5. The molecule has 1 rings (SSSR count). The smallest absolute Gasteiger partial charge is 0.242 e. The van der Waals surface area contributed by atoms with Crippen LogP contribution in [-0.4, -0.2) is 32.1 Å². The van der Waals surface area contributed by atoms with Crippen LogP contribution in [-0.2, 0) is 10.0 Å². The molecule has 0 aliphatic heterocycles. The Morgan fingerprint density at radius 2 is 2.00 bits per heavy atom. The van der Waals surface area contributed by atoms with Gasteiger partial charge < -0.3 is 5.73 Å². The van der Waals surface area contributed by atoms with Gasteiger partial charge in [-0.25, -0.2) is 12.7 Å². The standard InChI is InChI=1S/C12H20N2O2S2/c1-5-9(2)17-12-8-10(6-7-11(12)13)18(15,16)14(3)4/h6-9H,5,13H2,1-4H3. The lowest BCUT2D eigenvalue weighted by Gasteiger charge is -2.15. The average Bonchev–Trinajstić information content (AvgIpc) is 2.31. The van der Waals surface area contributed by atoms with Crippen LogP contribution in [0.3, 0.4) is 0 Å². The summed E-state index contributed by atoms with van der Waals surface area (Å²) in [6, 6.07) is 4.86. The van der Waals surface area contributed by atoms with Crippen LogP contribution in [0.5, 0.6) is 0 Å². The predicted octanol–water partition coefficient (Wildman–Crippen LogP) is 2.41. The lowest BCUT2D eigenvalue weighted by Crippen LogP contribution is -2.22. The largest absolute Gasteiger partial charge is 0.398 e. The molecule has 0 aliphatic carbocycles. The first kappa shape index (κ1) is 15.3. The number of hydrogen-bond acceptors (Lipinski definition) is 4. The van der Waals surface area contributed by atoms with Gasteiger partial charge in [0.1, 0.15) is 0 Å². The summed E-state index contributed by atoms with van der Waals surface area (Å²) in [5.41, 5.74) is 6.51. The van der Waals surface area contributed by atoms with Crippen molar-refractivity contribution < 1.29 is 8.42 Å². The van der Waals surface area contributed by atoms with Crippen LogP contribution in [0.4, 0.5) is 5.69 Å². The van der Waals surface area contributed by atoms with Gasteiger partial charge in [-0.2, -0.15) is 0 Å². The molecule has 0 aliphatic rings. The molecule has 102 valence electrons. The third-order valence-electron chi connectivity index (χ3n) is 2.67. The Balaban J connectivity index is 3.16. The van der Waals surface area contributed by atoms with E-state index in [2.05, 4.69) is 13.8 Å². The van der Waals surface area contributed by atoms with Gasteiger partial charge in [-0.05, 0) is 24.6 Å². The number of hydrogen-bond donors (Lipinski definition) is 1. The Bertz CT molecular complexity index is 513. The number of nitrogens with two attached hydrogens (primary N) is 1. The van der Waals surface area contributed by atoms with E-state index in [9.17, 15) is 8.42 Å². The Morgan fingerprint density at radius 1 is 1.39 bits per heavy atom. The van der Waals surface area contributed by atoms with E-state index in [1.54, 1.807) is 30.0 Å². The summed E-state index contributed by atoms with van der Waals surface area (Å²) in [6.07, 6.45) is 1.01. The van der Waals surface area contributed by atoms with Crippen LogP contribution in [0, 0.1) is 0 Å². The molecule has 1 unspecified atom stereocenters. The molecule has 0 saturated heterocycles. The number of nitrogen functional groups attached to an aromatic ring is 1. The number of nitrogens with zero attached hydrogens (tertiary/aromatic N) is 1. The van der Waals surface area contributed by atoms with Gasteiger partial charge in [0.2, 0.25) is 10.0 Å². The van der Waals surface area contributed by atoms with Gasteiger partial charge in [-0.15, -0.1) is 11.8 Å². The molecule has 0 radical (unpaired) electrons. The van der Waals surface area contributed by atoms with E-state index in [-0.39, 0.29) is 4.90 Å². The molecule has 2 N–H and O–H groups in total. The Labute approximate surface area is 114 Å². The summed E-state index contributed by atoms with van der Waals surface area (Å²) >= 11 is 1.60. The van der Waals surface area contributed by atoms with Crippen molar-refractivity contribution in [1.29, 1.82) is 0 Å². The van der Waals surface area contributed by atoms with Gasteiger partial charge in [0.25, 0.3) is 0 Å². The number of sulfonamides is 1. The minimum absolute atomic E-state index is 0.285. The van der Waals surface area contributed by atoms with E-state index in [1.165, 1.54) is 18.4 Å². The van der Waals surface area contributed by atoms with Crippen LogP contribution >= 0.6 is 11.8 Å². The van der Waals surface area contributed by atoms with Gasteiger partial charge in [0.05, 0.1) is 4.90 Å². The lowest BCUT2D eigenvalue weighted by molar-refractivity contribution is 0.520. The minimum Gasteiger partial charge on any atom is -0.398 e. The summed E-state index contributed by atoms with van der Waals surface area (Å²) in [6.45, 7) is 4.19. The van der Waals surface area contributed by atoms with Crippen molar-refractivity contribution >= 4 is 27.5 Å². The first-order valence-electron chi connectivity index (χ1n) is 5.77. The highest BCUT2D eigenvalue weighted by Crippen LogP contribution is 2.32. The molecule has 6 heteroatoms. The summed E-state index contributed by atoms with van der Waals surface area (Å²) in [5.74, 6) is 0. The van der Waals surface area contributed by atoms with Crippen LogP contribution in [0.25, 0.3) is 0 Å². The topological polar surface area (TPSA) is 63.4 Å². The molecule has 0 bridgehead atoms. The summed E-state index contributed by atoms with van der Waals surface area (Å²) in [4.78, 5) is 1.11. The van der Waals surface area contributed by atoms with E-state index >= 15 is 0 Å². The second kappa shape index (κ2) is 5.95. The highest BCUT2D eigenvalue weighted by atomic mass is 32.2. The van der Waals surface area contributed by atoms with E-state index in [4.69, 9.17) is 5.73 Å². The van der Waals surface area contributed by atoms with Gasteiger partial charge in [0.15, 0.2) is 0 Å². The third kappa shape index (κ3) is 3.40. The predicted molar refractivity (Wildman–Crippen MR) is 77.3 cm³/mol. The van der Waals surface area contributed by atoms with Crippen molar-refractivity contribution in [3.05, 3.63) is 18.2 Å². The van der Waals surface area contributed by atoms with Crippen molar-refractivity contribution in [3.63, 3.8) is 0 Å². The van der Waals surface area contributed by atoms with E-state index in [0.29, 0.717) is 10.9 Å². The van der Waals surface area contributed by atoms with Crippen LogP contribution in [0.1, 0.15) is 20.3 Å². The van der Waals surface area contributed by atoms with Crippen LogP contribution < -0.4 is 5.73 Å². The van der Waals surface area contributed by atoms with Crippen LogP contribution in [0.2, 0.25) is 0 Å². The quantitative estimate of drug-likeness (QED) is 0.667. The molecule has 0 aromatic heterocycles. The number of anilines is 1. The van der Waals surface area contributed by atoms with Crippen molar-refractivity contribution in [2.24, 2.45) is 0 Å². The van der Waals surface area contributed by atoms with Crippen LogP contribution in [0.15, 0.2) is 28.0 Å². The van der Waals surface area contributed by atoms with Crippen molar-refractivity contribution in [1.82, 2.24) is 4.31 Å². The molecule has 0 amide bonds. The van der Waals surface area contributed by atoms with E-state index in [0.717, 1.165) is 11.3 Å². The molecular formula is C12H20N2O2S2. The summed E-state index contributed by atoms with van der Waals surface area (Å²) < 4.78 is 25.3. The minimum atomic E-state index is -3.39. The molecule has 1 aromatic carbocycles. The molecular weight excluding hydrogens is 268 g/mol. The Kier molecular flexibility index (Phi) is 5.07. The fourth-order valence-corrected chi connectivity index (χ4v) is 3.29. The van der Waals surface area contributed by atoms with E-state index < -0.39 is 10.0 Å². The first-order chi connectivity index (χ1) is 8.28. The third-order valence-corrected chi connectivity index (χ3v) is 5.82. The second-order valence-electron chi connectivity index (χ2n) is 4.32.